The predicted molar refractivity (Wildman–Crippen MR) is 87.1 cm³/mol. The molecule has 1 saturated heterocycles. The van der Waals surface area contributed by atoms with Crippen molar-refractivity contribution < 1.29 is 9.15 Å². The zero-order valence-electron chi connectivity index (χ0n) is 13.5. The quantitative estimate of drug-likeness (QED) is 0.818. The fourth-order valence-electron chi connectivity index (χ4n) is 3.28. The Morgan fingerprint density at radius 3 is 2.59 bits per heavy atom. The Morgan fingerprint density at radius 2 is 1.91 bits per heavy atom. The molecule has 1 aromatic heterocycles. The average Bonchev–Trinajstić information content (AvgIpc) is 2.45. The maximum absolute atomic E-state index is 11.9. The molecule has 0 spiro atoms. The minimum absolute atomic E-state index is 0.224. The smallest absolute Gasteiger partial charge is 0.336 e. The van der Waals surface area contributed by atoms with E-state index in [4.69, 9.17) is 9.15 Å². The van der Waals surface area contributed by atoms with Gasteiger partial charge in [-0.2, -0.15) is 0 Å². The Morgan fingerprint density at radius 1 is 1.18 bits per heavy atom. The molecule has 1 aliphatic rings. The van der Waals surface area contributed by atoms with Crippen molar-refractivity contribution in [2.75, 3.05) is 13.1 Å². The van der Waals surface area contributed by atoms with Gasteiger partial charge in [-0.3, -0.25) is 4.90 Å². The van der Waals surface area contributed by atoms with E-state index in [-0.39, 0.29) is 17.8 Å². The molecule has 4 heteroatoms. The van der Waals surface area contributed by atoms with E-state index in [1.807, 2.05) is 6.07 Å². The van der Waals surface area contributed by atoms with Gasteiger partial charge in [0.2, 0.25) is 0 Å². The van der Waals surface area contributed by atoms with Crippen LogP contribution in [-0.2, 0) is 17.7 Å². The van der Waals surface area contributed by atoms with Crippen LogP contribution in [0.25, 0.3) is 11.0 Å². The fraction of sp³-hybridized carbons (Fsp3) is 0.500. The second kappa shape index (κ2) is 6.23. The Hall–Kier alpha value is -1.65. The highest BCUT2D eigenvalue weighted by molar-refractivity contribution is 5.80. The molecule has 0 bridgehead atoms. The van der Waals surface area contributed by atoms with Gasteiger partial charge in [0.05, 0.1) is 12.2 Å². The van der Waals surface area contributed by atoms with Crippen LogP contribution < -0.4 is 5.63 Å². The van der Waals surface area contributed by atoms with Gasteiger partial charge >= 0.3 is 5.63 Å². The standard InChI is InChI=1S/C18H23NO3/c1-4-14-5-6-16-15(8-18(20)22-17(16)7-14)11-19-9-12(2)21-13(3)10-19/h5-8,12-13H,4,9-11H2,1-3H3/t12-,13+. The number of nitrogens with zero attached hydrogens (tertiary/aromatic N) is 1. The van der Waals surface area contributed by atoms with Crippen LogP contribution in [0.1, 0.15) is 31.9 Å². The van der Waals surface area contributed by atoms with Crippen molar-refractivity contribution in [1.29, 1.82) is 0 Å². The number of aryl methyl sites for hydroxylation is 1. The number of ether oxygens (including phenoxy) is 1. The van der Waals surface area contributed by atoms with E-state index in [1.165, 1.54) is 5.56 Å². The summed E-state index contributed by atoms with van der Waals surface area (Å²) < 4.78 is 11.2. The average molecular weight is 301 g/mol. The highest BCUT2D eigenvalue weighted by atomic mass is 16.5. The van der Waals surface area contributed by atoms with Crippen molar-refractivity contribution in [3.63, 3.8) is 0 Å². The first-order valence-corrected chi connectivity index (χ1v) is 7.98. The lowest BCUT2D eigenvalue weighted by Gasteiger charge is -2.35. The fourth-order valence-corrected chi connectivity index (χ4v) is 3.28. The van der Waals surface area contributed by atoms with Crippen LogP contribution in [0.3, 0.4) is 0 Å². The second-order valence-electron chi connectivity index (χ2n) is 6.23. The highest BCUT2D eigenvalue weighted by Gasteiger charge is 2.22. The third-order valence-corrected chi connectivity index (χ3v) is 4.19. The second-order valence-corrected chi connectivity index (χ2v) is 6.23. The van der Waals surface area contributed by atoms with Crippen LogP contribution in [0.15, 0.2) is 33.5 Å². The molecule has 0 unspecified atom stereocenters. The van der Waals surface area contributed by atoms with Crippen molar-refractivity contribution in [3.8, 4) is 0 Å². The van der Waals surface area contributed by atoms with Crippen molar-refractivity contribution >= 4 is 11.0 Å². The molecule has 118 valence electrons. The lowest BCUT2D eigenvalue weighted by molar-refractivity contribution is -0.0704. The molecule has 0 saturated carbocycles. The van der Waals surface area contributed by atoms with Gasteiger partial charge in [-0.15, -0.1) is 0 Å². The SMILES string of the molecule is CCc1ccc2c(CN3C[C@@H](C)O[C@@H](C)C3)cc(=O)oc2c1. The maximum Gasteiger partial charge on any atom is 0.336 e. The molecule has 2 atom stereocenters. The predicted octanol–water partition coefficient (Wildman–Crippen LogP) is 2.96. The zero-order valence-corrected chi connectivity index (χ0v) is 13.5. The summed E-state index contributed by atoms with van der Waals surface area (Å²) in [7, 11) is 0. The van der Waals surface area contributed by atoms with Gasteiger partial charge in [-0.05, 0) is 37.5 Å². The third-order valence-electron chi connectivity index (χ3n) is 4.19. The maximum atomic E-state index is 11.9. The van der Waals surface area contributed by atoms with Gasteiger partial charge in [-0.25, -0.2) is 4.79 Å². The van der Waals surface area contributed by atoms with Crippen LogP contribution in [0, 0.1) is 0 Å². The van der Waals surface area contributed by atoms with Crippen molar-refractivity contribution in [2.45, 2.75) is 45.9 Å². The molecular weight excluding hydrogens is 278 g/mol. The van der Waals surface area contributed by atoms with Crippen LogP contribution in [0.2, 0.25) is 0 Å². The first-order chi connectivity index (χ1) is 10.5. The highest BCUT2D eigenvalue weighted by Crippen LogP contribution is 2.22. The summed E-state index contributed by atoms with van der Waals surface area (Å²) in [5.41, 5.74) is 2.64. The minimum atomic E-state index is -0.273. The summed E-state index contributed by atoms with van der Waals surface area (Å²) in [6, 6.07) is 7.78. The topological polar surface area (TPSA) is 42.7 Å². The van der Waals surface area contributed by atoms with Gasteiger partial charge in [0.15, 0.2) is 0 Å². The molecule has 0 N–H and O–H groups in total. The molecule has 2 aromatic rings. The number of hydrogen-bond acceptors (Lipinski definition) is 4. The number of benzene rings is 1. The van der Waals surface area contributed by atoms with Crippen molar-refractivity contribution in [1.82, 2.24) is 4.90 Å². The first kappa shape index (κ1) is 15.3. The van der Waals surface area contributed by atoms with Crippen molar-refractivity contribution in [2.24, 2.45) is 0 Å². The van der Waals surface area contributed by atoms with E-state index in [1.54, 1.807) is 6.07 Å². The number of fused-ring (bicyclic) bond motifs is 1. The summed E-state index contributed by atoms with van der Waals surface area (Å²) in [6.07, 6.45) is 1.38. The molecule has 1 aliphatic heterocycles. The molecule has 4 nitrogen and oxygen atoms in total. The molecule has 1 fully saturated rings. The van der Waals surface area contributed by atoms with E-state index in [9.17, 15) is 4.79 Å². The zero-order chi connectivity index (χ0) is 15.7. The molecule has 1 aromatic carbocycles. The molecule has 22 heavy (non-hydrogen) atoms. The molecule has 3 rings (SSSR count). The van der Waals surface area contributed by atoms with E-state index in [0.717, 1.165) is 37.0 Å². The van der Waals surface area contributed by atoms with E-state index < -0.39 is 0 Å². The van der Waals surface area contributed by atoms with E-state index in [2.05, 4.69) is 37.8 Å². The molecule has 0 aliphatic carbocycles. The van der Waals surface area contributed by atoms with Crippen LogP contribution in [-0.4, -0.2) is 30.2 Å². The lowest BCUT2D eigenvalue weighted by Crippen LogP contribution is -2.44. The van der Waals surface area contributed by atoms with Crippen LogP contribution in [0.4, 0.5) is 0 Å². The summed E-state index contributed by atoms with van der Waals surface area (Å²) in [5.74, 6) is 0. The number of morpholine rings is 1. The molecule has 2 heterocycles. The Bertz CT molecular complexity index is 712. The summed E-state index contributed by atoms with van der Waals surface area (Å²) >= 11 is 0. The minimum Gasteiger partial charge on any atom is -0.423 e. The van der Waals surface area contributed by atoms with Gasteiger partial charge in [0.1, 0.15) is 5.58 Å². The first-order valence-electron chi connectivity index (χ1n) is 7.98. The number of hydrogen-bond donors (Lipinski definition) is 0. The van der Waals surface area contributed by atoms with Crippen LogP contribution in [0.5, 0.6) is 0 Å². The Balaban J connectivity index is 1.94. The summed E-state index contributed by atoms with van der Waals surface area (Å²) in [6.45, 7) is 8.81. The van der Waals surface area contributed by atoms with E-state index in [0.29, 0.717) is 5.58 Å². The van der Waals surface area contributed by atoms with Gasteiger partial charge in [0.25, 0.3) is 0 Å². The molecular formula is C18H23NO3. The van der Waals surface area contributed by atoms with Gasteiger partial charge in [0, 0.05) is 31.1 Å². The summed E-state index contributed by atoms with van der Waals surface area (Å²) in [5, 5.41) is 1.03. The van der Waals surface area contributed by atoms with Gasteiger partial charge < -0.3 is 9.15 Å². The Kier molecular flexibility index (Phi) is 4.32. The molecule has 0 radical (unpaired) electrons. The molecule has 0 amide bonds. The summed E-state index contributed by atoms with van der Waals surface area (Å²) in [4.78, 5) is 14.2. The monoisotopic (exact) mass is 301 g/mol. The van der Waals surface area contributed by atoms with Gasteiger partial charge in [-0.1, -0.05) is 19.1 Å². The van der Waals surface area contributed by atoms with Crippen LogP contribution >= 0.6 is 0 Å². The lowest BCUT2D eigenvalue weighted by atomic mass is 10.1. The normalized spacial score (nSPS) is 23.0. The Labute approximate surface area is 130 Å². The third kappa shape index (κ3) is 3.23. The van der Waals surface area contributed by atoms with Crippen molar-refractivity contribution in [3.05, 3.63) is 45.8 Å². The largest absolute Gasteiger partial charge is 0.423 e. The van der Waals surface area contributed by atoms with E-state index >= 15 is 0 Å². The number of rotatable bonds is 3.